The van der Waals surface area contributed by atoms with Gasteiger partial charge < -0.3 is 14.8 Å². The highest BCUT2D eigenvalue weighted by molar-refractivity contribution is 5.46. The summed E-state index contributed by atoms with van der Waals surface area (Å²) in [7, 11) is 0. The lowest BCUT2D eigenvalue weighted by Crippen LogP contribution is -2.18. The van der Waals surface area contributed by atoms with Crippen LogP contribution < -0.4 is 10.1 Å². The molecule has 1 atom stereocenters. The van der Waals surface area contributed by atoms with E-state index < -0.39 is 0 Å². The van der Waals surface area contributed by atoms with E-state index in [-0.39, 0.29) is 6.10 Å². The van der Waals surface area contributed by atoms with Crippen molar-refractivity contribution in [2.24, 2.45) is 0 Å². The Kier molecular flexibility index (Phi) is 4.26. The molecular formula is C14H21NO2. The molecule has 1 N–H and O–H groups in total. The molecule has 0 bridgehead atoms. The van der Waals surface area contributed by atoms with Gasteiger partial charge in [0.1, 0.15) is 5.75 Å². The van der Waals surface area contributed by atoms with Crippen LogP contribution in [0.15, 0.2) is 24.3 Å². The minimum Gasteiger partial charge on any atom is -0.491 e. The van der Waals surface area contributed by atoms with Gasteiger partial charge in [-0.3, -0.25) is 0 Å². The average Bonchev–Trinajstić information content (AvgIpc) is 2.80. The lowest BCUT2D eigenvalue weighted by Gasteiger charge is -2.13. The van der Waals surface area contributed by atoms with E-state index in [0.29, 0.717) is 6.10 Å². The van der Waals surface area contributed by atoms with Crippen molar-refractivity contribution in [3.05, 3.63) is 24.3 Å². The standard InChI is InChI=1S/C14H21NO2/c1-11(2)17-13-7-5-12(6-8-13)15-10-14-4-3-9-16-14/h5-8,11,14-15H,3-4,9-10H2,1-2H3. The molecule has 1 aromatic carbocycles. The third-order valence-electron chi connectivity index (χ3n) is 2.78. The molecule has 1 fully saturated rings. The number of anilines is 1. The minimum atomic E-state index is 0.223. The molecule has 0 aromatic heterocycles. The first-order valence-electron chi connectivity index (χ1n) is 6.36. The number of nitrogens with one attached hydrogen (secondary N) is 1. The molecule has 0 aliphatic carbocycles. The van der Waals surface area contributed by atoms with Crippen molar-refractivity contribution in [1.29, 1.82) is 0 Å². The highest BCUT2D eigenvalue weighted by Gasteiger charge is 2.14. The maximum Gasteiger partial charge on any atom is 0.119 e. The summed E-state index contributed by atoms with van der Waals surface area (Å²) in [6.07, 6.45) is 2.96. The summed E-state index contributed by atoms with van der Waals surface area (Å²) >= 11 is 0. The van der Waals surface area contributed by atoms with Gasteiger partial charge in [-0.05, 0) is 51.0 Å². The predicted octanol–water partition coefficient (Wildman–Crippen LogP) is 3.06. The molecule has 1 saturated heterocycles. The third-order valence-corrected chi connectivity index (χ3v) is 2.78. The maximum atomic E-state index is 5.59. The Morgan fingerprint density at radius 1 is 1.35 bits per heavy atom. The first-order valence-corrected chi connectivity index (χ1v) is 6.36. The van der Waals surface area contributed by atoms with E-state index in [4.69, 9.17) is 9.47 Å². The number of ether oxygens (including phenoxy) is 2. The van der Waals surface area contributed by atoms with Gasteiger partial charge in [-0.1, -0.05) is 0 Å². The van der Waals surface area contributed by atoms with E-state index >= 15 is 0 Å². The van der Waals surface area contributed by atoms with Gasteiger partial charge in [-0.15, -0.1) is 0 Å². The van der Waals surface area contributed by atoms with E-state index in [1.165, 1.54) is 12.8 Å². The van der Waals surface area contributed by atoms with Gasteiger partial charge in [0.25, 0.3) is 0 Å². The van der Waals surface area contributed by atoms with Crippen LogP contribution in [0.2, 0.25) is 0 Å². The van der Waals surface area contributed by atoms with Gasteiger partial charge in [-0.25, -0.2) is 0 Å². The Hall–Kier alpha value is -1.22. The molecule has 1 unspecified atom stereocenters. The lowest BCUT2D eigenvalue weighted by atomic mass is 10.2. The van der Waals surface area contributed by atoms with Gasteiger partial charge >= 0.3 is 0 Å². The molecule has 17 heavy (non-hydrogen) atoms. The van der Waals surface area contributed by atoms with Crippen LogP contribution in [0.5, 0.6) is 5.75 Å². The SMILES string of the molecule is CC(C)Oc1ccc(NCC2CCCO2)cc1. The first-order chi connectivity index (χ1) is 8.24. The summed E-state index contributed by atoms with van der Waals surface area (Å²) < 4.78 is 11.2. The molecule has 94 valence electrons. The van der Waals surface area contributed by atoms with Crippen molar-refractivity contribution in [2.45, 2.75) is 38.9 Å². The van der Waals surface area contributed by atoms with E-state index in [2.05, 4.69) is 5.32 Å². The van der Waals surface area contributed by atoms with Crippen LogP contribution in [0.1, 0.15) is 26.7 Å². The summed E-state index contributed by atoms with van der Waals surface area (Å²) in [5.41, 5.74) is 1.12. The molecule has 1 heterocycles. The van der Waals surface area contributed by atoms with Crippen molar-refractivity contribution in [2.75, 3.05) is 18.5 Å². The molecule has 0 radical (unpaired) electrons. The van der Waals surface area contributed by atoms with Gasteiger partial charge in [0.05, 0.1) is 12.2 Å². The zero-order valence-corrected chi connectivity index (χ0v) is 10.6. The van der Waals surface area contributed by atoms with Crippen molar-refractivity contribution < 1.29 is 9.47 Å². The monoisotopic (exact) mass is 235 g/mol. The Morgan fingerprint density at radius 2 is 2.12 bits per heavy atom. The zero-order valence-electron chi connectivity index (χ0n) is 10.6. The number of hydrogen-bond donors (Lipinski definition) is 1. The van der Waals surface area contributed by atoms with Gasteiger partial charge in [-0.2, -0.15) is 0 Å². The molecule has 1 aromatic rings. The Labute approximate surface area is 103 Å². The van der Waals surface area contributed by atoms with Crippen LogP contribution in [-0.4, -0.2) is 25.4 Å². The molecule has 1 aliphatic heterocycles. The second kappa shape index (κ2) is 5.92. The fourth-order valence-corrected chi connectivity index (χ4v) is 1.96. The highest BCUT2D eigenvalue weighted by Crippen LogP contribution is 2.18. The van der Waals surface area contributed by atoms with Crippen LogP contribution in [0.3, 0.4) is 0 Å². The topological polar surface area (TPSA) is 30.5 Å². The molecule has 2 rings (SSSR count). The summed E-state index contributed by atoms with van der Waals surface area (Å²) in [5.74, 6) is 0.919. The van der Waals surface area contributed by atoms with E-state index in [9.17, 15) is 0 Å². The summed E-state index contributed by atoms with van der Waals surface area (Å²) in [6.45, 7) is 5.87. The fourth-order valence-electron chi connectivity index (χ4n) is 1.96. The fraction of sp³-hybridized carbons (Fsp3) is 0.571. The molecule has 0 amide bonds. The molecule has 0 saturated carbocycles. The summed E-state index contributed by atoms with van der Waals surface area (Å²) in [4.78, 5) is 0. The first kappa shape index (κ1) is 12.2. The van der Waals surface area contributed by atoms with Crippen LogP contribution >= 0.6 is 0 Å². The van der Waals surface area contributed by atoms with Crippen LogP contribution in [-0.2, 0) is 4.74 Å². The third kappa shape index (κ3) is 3.93. The predicted molar refractivity (Wildman–Crippen MR) is 69.7 cm³/mol. The lowest BCUT2D eigenvalue weighted by molar-refractivity contribution is 0.120. The smallest absolute Gasteiger partial charge is 0.119 e. The number of rotatable bonds is 5. The average molecular weight is 235 g/mol. The Bertz CT molecular complexity index is 329. The van der Waals surface area contributed by atoms with Crippen LogP contribution in [0.4, 0.5) is 5.69 Å². The van der Waals surface area contributed by atoms with Crippen LogP contribution in [0.25, 0.3) is 0 Å². The normalized spacial score (nSPS) is 19.6. The molecule has 3 nitrogen and oxygen atoms in total. The Balaban J connectivity index is 1.80. The summed E-state index contributed by atoms with van der Waals surface area (Å²) in [5, 5.41) is 3.39. The van der Waals surface area contributed by atoms with Gasteiger partial charge in [0, 0.05) is 18.8 Å². The Morgan fingerprint density at radius 3 is 2.71 bits per heavy atom. The van der Waals surface area contributed by atoms with Crippen molar-refractivity contribution in [1.82, 2.24) is 0 Å². The van der Waals surface area contributed by atoms with Gasteiger partial charge in [0.15, 0.2) is 0 Å². The number of benzene rings is 1. The molecule has 3 heteroatoms. The van der Waals surface area contributed by atoms with Crippen molar-refractivity contribution >= 4 is 5.69 Å². The largest absolute Gasteiger partial charge is 0.491 e. The maximum absolute atomic E-state index is 5.59. The van der Waals surface area contributed by atoms with E-state index in [1.807, 2.05) is 38.1 Å². The molecule has 1 aliphatic rings. The zero-order chi connectivity index (χ0) is 12.1. The quantitative estimate of drug-likeness (QED) is 0.850. The highest BCUT2D eigenvalue weighted by atomic mass is 16.5. The summed E-state index contributed by atoms with van der Waals surface area (Å²) in [6, 6.07) is 8.09. The van der Waals surface area contributed by atoms with Gasteiger partial charge in [0.2, 0.25) is 0 Å². The molecular weight excluding hydrogens is 214 g/mol. The van der Waals surface area contributed by atoms with Crippen molar-refractivity contribution in [3.63, 3.8) is 0 Å². The van der Waals surface area contributed by atoms with E-state index in [0.717, 1.165) is 24.6 Å². The molecule has 0 spiro atoms. The number of hydrogen-bond acceptors (Lipinski definition) is 3. The second-order valence-electron chi connectivity index (χ2n) is 4.71. The van der Waals surface area contributed by atoms with Crippen LogP contribution in [0, 0.1) is 0 Å². The van der Waals surface area contributed by atoms with E-state index in [1.54, 1.807) is 0 Å². The minimum absolute atomic E-state index is 0.223. The second-order valence-corrected chi connectivity index (χ2v) is 4.71. The van der Waals surface area contributed by atoms with Crippen molar-refractivity contribution in [3.8, 4) is 5.75 Å².